The van der Waals surface area contributed by atoms with Gasteiger partial charge in [-0.2, -0.15) is 0 Å². The molecule has 0 unspecified atom stereocenters. The molecule has 0 saturated heterocycles. The van der Waals surface area contributed by atoms with Crippen LogP contribution < -0.4 is 9.64 Å². The molecule has 0 amide bonds. The van der Waals surface area contributed by atoms with Crippen molar-refractivity contribution in [1.29, 1.82) is 0 Å². The van der Waals surface area contributed by atoms with Crippen molar-refractivity contribution in [3.8, 4) is 5.75 Å². The highest BCUT2D eigenvalue weighted by Gasteiger charge is 2.16. The van der Waals surface area contributed by atoms with Crippen LogP contribution in [0.5, 0.6) is 5.75 Å². The number of methoxy groups -OCH3 is 2. The van der Waals surface area contributed by atoms with E-state index in [1.807, 2.05) is 4.90 Å². The lowest BCUT2D eigenvalue weighted by molar-refractivity contribution is -0.385. The summed E-state index contributed by atoms with van der Waals surface area (Å²) >= 11 is 0. The van der Waals surface area contributed by atoms with E-state index in [-0.39, 0.29) is 18.0 Å². The van der Waals surface area contributed by atoms with Crippen molar-refractivity contribution in [2.45, 2.75) is 0 Å². The number of rotatable bonds is 8. The maximum Gasteiger partial charge on any atom is 0.311 e. The minimum atomic E-state index is -0.492. The molecular formula is C12H18N2O5. The predicted molar refractivity (Wildman–Crippen MR) is 70.8 cm³/mol. The summed E-state index contributed by atoms with van der Waals surface area (Å²) in [5.74, 6) is 0.197. The van der Waals surface area contributed by atoms with Crippen LogP contribution in [0.2, 0.25) is 0 Å². The van der Waals surface area contributed by atoms with E-state index >= 15 is 0 Å². The third-order valence-corrected chi connectivity index (χ3v) is 2.66. The van der Waals surface area contributed by atoms with Crippen molar-refractivity contribution < 1.29 is 19.5 Å². The van der Waals surface area contributed by atoms with Crippen LogP contribution in [0.15, 0.2) is 18.2 Å². The Morgan fingerprint density at radius 2 is 2.11 bits per heavy atom. The van der Waals surface area contributed by atoms with Gasteiger partial charge in [0.2, 0.25) is 0 Å². The largest absolute Gasteiger partial charge is 0.490 e. The van der Waals surface area contributed by atoms with E-state index in [9.17, 15) is 10.1 Å². The second-order valence-corrected chi connectivity index (χ2v) is 3.82. The summed E-state index contributed by atoms with van der Waals surface area (Å²) in [7, 11) is 2.98. The first kappa shape index (κ1) is 15.2. The fraction of sp³-hybridized carbons (Fsp3) is 0.500. The van der Waals surface area contributed by atoms with Gasteiger partial charge in [-0.25, -0.2) is 0 Å². The van der Waals surface area contributed by atoms with Crippen molar-refractivity contribution in [3.63, 3.8) is 0 Å². The zero-order chi connectivity index (χ0) is 14.3. The van der Waals surface area contributed by atoms with E-state index in [1.165, 1.54) is 13.2 Å². The number of nitro groups is 1. The predicted octanol–water partition coefficient (Wildman–Crippen LogP) is 1.05. The Kier molecular flexibility index (Phi) is 6.04. The van der Waals surface area contributed by atoms with E-state index in [0.29, 0.717) is 19.7 Å². The van der Waals surface area contributed by atoms with Gasteiger partial charge in [-0.15, -0.1) is 0 Å². The van der Waals surface area contributed by atoms with Crippen molar-refractivity contribution in [2.24, 2.45) is 0 Å². The second kappa shape index (κ2) is 7.55. The van der Waals surface area contributed by atoms with Crippen molar-refractivity contribution in [1.82, 2.24) is 0 Å². The summed E-state index contributed by atoms with van der Waals surface area (Å²) in [6.07, 6.45) is 0. The number of nitrogens with zero attached hydrogens (tertiary/aromatic N) is 2. The number of nitro benzene ring substituents is 1. The average molecular weight is 270 g/mol. The number of hydrogen-bond acceptors (Lipinski definition) is 6. The van der Waals surface area contributed by atoms with Gasteiger partial charge in [-0.1, -0.05) is 0 Å². The molecule has 0 aliphatic rings. The van der Waals surface area contributed by atoms with Crippen LogP contribution >= 0.6 is 0 Å². The Bertz CT molecular complexity index is 425. The van der Waals surface area contributed by atoms with Crippen molar-refractivity contribution >= 4 is 11.4 Å². The number of ether oxygens (including phenoxy) is 2. The summed E-state index contributed by atoms with van der Waals surface area (Å²) < 4.78 is 10.0. The highest BCUT2D eigenvalue weighted by Crippen LogP contribution is 2.31. The van der Waals surface area contributed by atoms with Crippen LogP contribution in [0.1, 0.15) is 0 Å². The van der Waals surface area contributed by atoms with Gasteiger partial charge in [0.25, 0.3) is 0 Å². The third-order valence-electron chi connectivity index (χ3n) is 2.66. The van der Waals surface area contributed by atoms with Gasteiger partial charge in [-0.05, 0) is 6.07 Å². The molecule has 106 valence electrons. The monoisotopic (exact) mass is 270 g/mol. The molecule has 0 spiro atoms. The molecule has 19 heavy (non-hydrogen) atoms. The molecule has 0 bridgehead atoms. The highest BCUT2D eigenvalue weighted by atomic mass is 16.6. The van der Waals surface area contributed by atoms with Gasteiger partial charge in [0, 0.05) is 38.0 Å². The molecule has 0 saturated carbocycles. The quantitative estimate of drug-likeness (QED) is 0.561. The fourth-order valence-corrected chi connectivity index (χ4v) is 1.71. The van der Waals surface area contributed by atoms with E-state index in [4.69, 9.17) is 14.6 Å². The molecule has 0 aliphatic heterocycles. The fourth-order valence-electron chi connectivity index (χ4n) is 1.71. The number of aliphatic hydroxyl groups excluding tert-OH is 1. The first-order valence-electron chi connectivity index (χ1n) is 5.81. The van der Waals surface area contributed by atoms with Crippen LogP contribution in [0.3, 0.4) is 0 Å². The Morgan fingerprint density at radius 3 is 2.63 bits per heavy atom. The maximum atomic E-state index is 10.8. The smallest absolute Gasteiger partial charge is 0.311 e. The van der Waals surface area contributed by atoms with Crippen LogP contribution in [0.4, 0.5) is 11.4 Å². The molecule has 0 aliphatic carbocycles. The molecule has 1 aromatic carbocycles. The average Bonchev–Trinajstić information content (AvgIpc) is 2.42. The van der Waals surface area contributed by atoms with Gasteiger partial charge in [-0.3, -0.25) is 10.1 Å². The Morgan fingerprint density at radius 1 is 1.37 bits per heavy atom. The summed E-state index contributed by atoms with van der Waals surface area (Å²) in [5, 5.41) is 19.9. The van der Waals surface area contributed by atoms with Gasteiger partial charge >= 0.3 is 5.69 Å². The maximum absolute atomic E-state index is 10.8. The van der Waals surface area contributed by atoms with Gasteiger partial charge < -0.3 is 19.5 Å². The minimum Gasteiger partial charge on any atom is -0.490 e. The van der Waals surface area contributed by atoms with Crippen molar-refractivity contribution in [3.05, 3.63) is 28.3 Å². The Labute approximate surface area is 111 Å². The van der Waals surface area contributed by atoms with Crippen molar-refractivity contribution in [2.75, 3.05) is 45.4 Å². The van der Waals surface area contributed by atoms with E-state index < -0.39 is 4.92 Å². The first-order chi connectivity index (χ1) is 9.13. The zero-order valence-electron chi connectivity index (χ0n) is 11.0. The Balaban J connectivity index is 3.00. The summed E-state index contributed by atoms with van der Waals surface area (Å²) in [4.78, 5) is 12.2. The molecular weight excluding hydrogens is 252 g/mol. The van der Waals surface area contributed by atoms with Gasteiger partial charge in [0.15, 0.2) is 5.75 Å². The molecule has 0 atom stereocenters. The molecule has 7 nitrogen and oxygen atoms in total. The van der Waals surface area contributed by atoms with E-state index in [2.05, 4.69) is 0 Å². The zero-order valence-corrected chi connectivity index (χ0v) is 11.0. The number of hydrogen-bond donors (Lipinski definition) is 1. The molecule has 0 aromatic heterocycles. The molecule has 0 radical (unpaired) electrons. The second-order valence-electron chi connectivity index (χ2n) is 3.82. The normalized spacial score (nSPS) is 10.3. The molecule has 0 heterocycles. The lowest BCUT2D eigenvalue weighted by atomic mass is 10.2. The SMILES string of the molecule is COCCN(CCO)c1ccc([N+](=O)[O-])c(OC)c1. The molecule has 1 N–H and O–H groups in total. The standard InChI is InChI=1S/C12H18N2O5/c1-18-8-6-13(5-7-15)10-3-4-11(14(16)17)12(9-10)19-2/h3-4,9,15H,5-8H2,1-2H3. The summed E-state index contributed by atoms with van der Waals surface area (Å²) in [6, 6.07) is 4.61. The number of anilines is 1. The molecule has 7 heteroatoms. The van der Waals surface area contributed by atoms with Crippen LogP contribution in [-0.2, 0) is 4.74 Å². The van der Waals surface area contributed by atoms with Crippen LogP contribution in [0.25, 0.3) is 0 Å². The topological polar surface area (TPSA) is 85.1 Å². The first-order valence-corrected chi connectivity index (χ1v) is 5.81. The summed E-state index contributed by atoms with van der Waals surface area (Å²) in [5.41, 5.74) is 0.662. The summed E-state index contributed by atoms with van der Waals surface area (Å²) in [6.45, 7) is 1.49. The van der Waals surface area contributed by atoms with Gasteiger partial charge in [0.05, 0.1) is 25.2 Å². The molecule has 1 rings (SSSR count). The molecule has 0 fully saturated rings. The number of benzene rings is 1. The van der Waals surface area contributed by atoms with Gasteiger partial charge in [0.1, 0.15) is 0 Å². The van der Waals surface area contributed by atoms with Crippen LogP contribution in [-0.4, -0.2) is 50.6 Å². The lowest BCUT2D eigenvalue weighted by Gasteiger charge is -2.23. The minimum absolute atomic E-state index is 0.0109. The molecule has 1 aromatic rings. The van der Waals surface area contributed by atoms with Crippen LogP contribution in [0, 0.1) is 10.1 Å². The third kappa shape index (κ3) is 4.08. The van der Waals surface area contributed by atoms with E-state index in [1.54, 1.807) is 19.2 Å². The number of aliphatic hydroxyl groups is 1. The Hall–Kier alpha value is -1.86. The van der Waals surface area contributed by atoms with E-state index in [0.717, 1.165) is 5.69 Å². The lowest BCUT2D eigenvalue weighted by Crippen LogP contribution is -2.30. The highest BCUT2D eigenvalue weighted by molar-refractivity contribution is 5.59.